The fourth-order valence-corrected chi connectivity index (χ4v) is 2.54. The van der Waals surface area contributed by atoms with Gasteiger partial charge in [0.25, 0.3) is 5.69 Å². The molecule has 1 N–H and O–H groups in total. The van der Waals surface area contributed by atoms with E-state index in [-0.39, 0.29) is 23.9 Å². The molecule has 3 rings (SSSR count). The number of carbonyl (C=O) groups is 1. The summed E-state index contributed by atoms with van der Waals surface area (Å²) in [7, 11) is 0. The number of aliphatic carboxylic acids is 1. The molecule has 0 spiro atoms. The smallest absolute Gasteiger partial charge is 0.352 e. The predicted molar refractivity (Wildman–Crippen MR) is 84.4 cm³/mol. The number of hydrogen-bond acceptors (Lipinski definition) is 5. The third-order valence-corrected chi connectivity index (χ3v) is 3.67. The van der Waals surface area contributed by atoms with Crippen molar-refractivity contribution in [1.82, 2.24) is 0 Å². The molecule has 2 aromatic rings. The van der Waals surface area contributed by atoms with Crippen LogP contribution in [0.5, 0.6) is 0 Å². The van der Waals surface area contributed by atoms with Crippen LogP contribution in [0.2, 0.25) is 0 Å². The van der Waals surface area contributed by atoms with Crippen molar-refractivity contribution < 1.29 is 14.8 Å². The maximum absolute atomic E-state index is 11.3. The summed E-state index contributed by atoms with van der Waals surface area (Å²) in [5.41, 5.74) is 1.59. The summed E-state index contributed by atoms with van der Waals surface area (Å²) in [6.45, 7) is 0. The van der Waals surface area contributed by atoms with Gasteiger partial charge in [-0.1, -0.05) is 30.3 Å². The van der Waals surface area contributed by atoms with Crippen LogP contribution < -0.4 is 5.01 Å². The van der Waals surface area contributed by atoms with Crippen molar-refractivity contribution in [3.05, 3.63) is 70.3 Å². The number of nitro benzene ring substituents is 1. The minimum atomic E-state index is -1.06. The number of nitro groups is 1. The maximum atomic E-state index is 11.3. The van der Waals surface area contributed by atoms with Crippen LogP contribution in [0.25, 0.3) is 0 Å². The lowest BCUT2D eigenvalue weighted by Crippen LogP contribution is -2.18. The quantitative estimate of drug-likeness (QED) is 0.691. The molecular formula is C16H13N3O4. The fraction of sp³-hybridized carbons (Fsp3) is 0.125. The van der Waals surface area contributed by atoms with Crippen molar-refractivity contribution in [2.75, 3.05) is 5.01 Å². The molecule has 2 aromatic carbocycles. The Hall–Kier alpha value is -3.22. The number of hydrogen-bond donors (Lipinski definition) is 1. The first-order valence-electron chi connectivity index (χ1n) is 6.95. The molecule has 1 aliphatic heterocycles. The molecule has 1 atom stereocenters. The Kier molecular flexibility index (Phi) is 3.76. The van der Waals surface area contributed by atoms with E-state index in [2.05, 4.69) is 5.10 Å². The molecule has 7 nitrogen and oxygen atoms in total. The molecule has 0 unspecified atom stereocenters. The van der Waals surface area contributed by atoms with E-state index in [0.29, 0.717) is 5.69 Å². The van der Waals surface area contributed by atoms with Gasteiger partial charge in [0, 0.05) is 18.6 Å². The van der Waals surface area contributed by atoms with E-state index < -0.39 is 10.9 Å². The van der Waals surface area contributed by atoms with Crippen molar-refractivity contribution >= 4 is 23.1 Å². The summed E-state index contributed by atoms with van der Waals surface area (Å²) >= 11 is 0. The minimum Gasteiger partial charge on any atom is -0.477 e. The van der Waals surface area contributed by atoms with Gasteiger partial charge in [-0.15, -0.1) is 0 Å². The van der Waals surface area contributed by atoms with Gasteiger partial charge in [-0.2, -0.15) is 5.10 Å². The molecule has 7 heteroatoms. The van der Waals surface area contributed by atoms with E-state index >= 15 is 0 Å². The molecule has 23 heavy (non-hydrogen) atoms. The van der Waals surface area contributed by atoms with Crippen LogP contribution in [0.3, 0.4) is 0 Å². The molecule has 0 saturated heterocycles. The Morgan fingerprint density at radius 2 is 1.83 bits per heavy atom. The van der Waals surface area contributed by atoms with Gasteiger partial charge >= 0.3 is 5.97 Å². The van der Waals surface area contributed by atoms with E-state index in [1.807, 2.05) is 30.3 Å². The Labute approximate surface area is 131 Å². The lowest BCUT2D eigenvalue weighted by atomic mass is 10.0. The third kappa shape index (κ3) is 2.89. The van der Waals surface area contributed by atoms with Crippen LogP contribution in [0, 0.1) is 10.1 Å². The number of rotatable bonds is 4. The lowest BCUT2D eigenvalue weighted by molar-refractivity contribution is -0.384. The topological polar surface area (TPSA) is 96.0 Å². The van der Waals surface area contributed by atoms with E-state index in [4.69, 9.17) is 0 Å². The normalized spacial score (nSPS) is 17.0. The molecule has 0 aromatic heterocycles. The highest BCUT2D eigenvalue weighted by molar-refractivity contribution is 6.36. The van der Waals surface area contributed by atoms with Gasteiger partial charge < -0.3 is 5.11 Å². The van der Waals surface area contributed by atoms with E-state index in [0.717, 1.165) is 5.56 Å². The first-order chi connectivity index (χ1) is 11.1. The molecule has 0 amide bonds. The van der Waals surface area contributed by atoms with Gasteiger partial charge in [0.1, 0.15) is 5.71 Å². The van der Waals surface area contributed by atoms with Crippen LogP contribution in [-0.4, -0.2) is 21.7 Å². The van der Waals surface area contributed by atoms with Gasteiger partial charge in [0.05, 0.1) is 16.7 Å². The average molecular weight is 311 g/mol. The standard InChI is InChI=1S/C16H13N3O4/c20-16(21)14-10-15(11-4-2-1-3-5-11)18(17-14)12-6-8-13(9-7-12)19(22)23/h1-9,15H,10H2,(H,20,21)/t15-/m0/s1. The van der Waals surface area contributed by atoms with Gasteiger partial charge in [-0.3, -0.25) is 15.1 Å². The molecular weight excluding hydrogens is 298 g/mol. The fourth-order valence-electron chi connectivity index (χ4n) is 2.54. The SMILES string of the molecule is O=C(O)C1=NN(c2ccc([N+](=O)[O-])cc2)[C@H](c2ccccc2)C1. The van der Waals surface area contributed by atoms with Crippen LogP contribution in [-0.2, 0) is 4.79 Å². The monoisotopic (exact) mass is 311 g/mol. The van der Waals surface area contributed by atoms with E-state index in [9.17, 15) is 20.0 Å². The first kappa shape index (κ1) is 14.7. The highest BCUT2D eigenvalue weighted by atomic mass is 16.6. The Morgan fingerprint density at radius 3 is 2.39 bits per heavy atom. The Bertz CT molecular complexity index is 772. The van der Waals surface area contributed by atoms with E-state index in [1.165, 1.54) is 12.1 Å². The number of non-ortho nitro benzene ring substituents is 1. The number of benzene rings is 2. The number of carboxylic acid groups (broad SMARTS) is 1. The summed E-state index contributed by atoms with van der Waals surface area (Å²) < 4.78 is 0. The first-order valence-corrected chi connectivity index (χ1v) is 6.95. The third-order valence-electron chi connectivity index (χ3n) is 3.67. The largest absolute Gasteiger partial charge is 0.477 e. The van der Waals surface area contributed by atoms with Crippen molar-refractivity contribution in [3.8, 4) is 0 Å². The van der Waals surface area contributed by atoms with Crippen LogP contribution in [0.1, 0.15) is 18.0 Å². The summed E-state index contributed by atoms with van der Waals surface area (Å²) in [4.78, 5) is 21.5. The molecule has 0 bridgehead atoms. The van der Waals surface area contributed by atoms with Crippen molar-refractivity contribution in [3.63, 3.8) is 0 Å². The van der Waals surface area contributed by atoms with Crippen molar-refractivity contribution in [2.24, 2.45) is 5.10 Å². The van der Waals surface area contributed by atoms with Crippen LogP contribution in [0.15, 0.2) is 59.7 Å². The summed E-state index contributed by atoms with van der Waals surface area (Å²) in [6, 6.07) is 15.1. The zero-order chi connectivity index (χ0) is 16.4. The zero-order valence-corrected chi connectivity index (χ0v) is 12.0. The second-order valence-corrected chi connectivity index (χ2v) is 5.10. The molecule has 1 aliphatic rings. The molecule has 0 radical (unpaired) electrons. The Morgan fingerprint density at radius 1 is 1.17 bits per heavy atom. The maximum Gasteiger partial charge on any atom is 0.352 e. The van der Waals surface area contributed by atoms with Gasteiger partial charge in [-0.05, 0) is 17.7 Å². The highest BCUT2D eigenvalue weighted by Crippen LogP contribution is 2.35. The number of nitrogens with zero attached hydrogens (tertiary/aromatic N) is 3. The summed E-state index contributed by atoms with van der Waals surface area (Å²) in [5, 5.41) is 25.7. The zero-order valence-electron chi connectivity index (χ0n) is 12.0. The van der Waals surface area contributed by atoms with Gasteiger partial charge in [0.15, 0.2) is 0 Å². The minimum absolute atomic E-state index is 0.0216. The summed E-state index contributed by atoms with van der Waals surface area (Å²) in [6.07, 6.45) is 0.274. The van der Waals surface area contributed by atoms with E-state index in [1.54, 1.807) is 17.1 Å². The predicted octanol–water partition coefficient (Wildman–Crippen LogP) is 2.99. The average Bonchev–Trinajstić information content (AvgIpc) is 3.01. The van der Waals surface area contributed by atoms with Gasteiger partial charge in [0.2, 0.25) is 0 Å². The van der Waals surface area contributed by atoms with Crippen LogP contribution >= 0.6 is 0 Å². The molecule has 116 valence electrons. The highest BCUT2D eigenvalue weighted by Gasteiger charge is 2.32. The molecule has 0 aliphatic carbocycles. The molecule has 1 heterocycles. The number of anilines is 1. The van der Waals surface area contributed by atoms with Crippen molar-refractivity contribution in [2.45, 2.75) is 12.5 Å². The summed E-state index contributed by atoms with van der Waals surface area (Å²) in [5.74, 6) is -1.06. The van der Waals surface area contributed by atoms with Crippen molar-refractivity contribution in [1.29, 1.82) is 0 Å². The second-order valence-electron chi connectivity index (χ2n) is 5.10. The number of hydrazone groups is 1. The molecule has 0 saturated carbocycles. The van der Waals surface area contributed by atoms with Gasteiger partial charge in [-0.25, -0.2) is 4.79 Å². The Balaban J connectivity index is 1.98. The lowest BCUT2D eigenvalue weighted by Gasteiger charge is -2.23. The second kappa shape index (κ2) is 5.88. The molecule has 0 fully saturated rings. The number of carboxylic acids is 1. The van der Waals surface area contributed by atoms with Crippen LogP contribution in [0.4, 0.5) is 11.4 Å².